The van der Waals surface area contributed by atoms with Crippen molar-refractivity contribution in [3.63, 3.8) is 0 Å². The van der Waals surface area contributed by atoms with Crippen LogP contribution in [-0.2, 0) is 13.2 Å². The van der Waals surface area contributed by atoms with E-state index in [9.17, 15) is 4.79 Å². The van der Waals surface area contributed by atoms with Gasteiger partial charge in [-0.15, -0.1) is 5.10 Å². The molecule has 2 aromatic heterocycles. The Morgan fingerprint density at radius 1 is 0.689 bits per heavy atom. The first-order valence-corrected chi connectivity index (χ1v) is 14.3. The molecule has 2 heterocycles. The molecular weight excluding hydrogens is 574 g/mol. The predicted molar refractivity (Wildman–Crippen MR) is 169 cm³/mol. The number of benzene rings is 4. The normalized spacial score (nSPS) is 10.9. The lowest BCUT2D eigenvalue weighted by Gasteiger charge is -2.16. The van der Waals surface area contributed by atoms with Crippen molar-refractivity contribution in [1.29, 1.82) is 0 Å². The van der Waals surface area contributed by atoms with Gasteiger partial charge in [-0.2, -0.15) is 0 Å². The molecule has 2 N–H and O–H groups in total. The molecule has 11 nitrogen and oxygen atoms in total. The highest BCUT2D eigenvalue weighted by molar-refractivity contribution is 5.77. The molecule has 0 amide bonds. The van der Waals surface area contributed by atoms with Gasteiger partial charge in [0.05, 0.1) is 26.4 Å². The molecule has 6 rings (SSSR count). The summed E-state index contributed by atoms with van der Waals surface area (Å²) in [5, 5.41) is 10.1. The van der Waals surface area contributed by atoms with Crippen LogP contribution in [0.4, 0.5) is 0 Å². The Balaban J connectivity index is 1.32. The molecule has 0 saturated carbocycles. The number of hydrogen-bond donors (Lipinski definition) is 2. The van der Waals surface area contributed by atoms with Gasteiger partial charge in [0.25, 0.3) is 5.56 Å². The first-order valence-electron chi connectivity index (χ1n) is 14.3. The van der Waals surface area contributed by atoms with Gasteiger partial charge in [-0.05, 0) is 77.7 Å². The average Bonchev–Trinajstić information content (AvgIpc) is 3.57. The Labute approximate surface area is 258 Å². The van der Waals surface area contributed by atoms with Crippen LogP contribution in [0.1, 0.15) is 18.1 Å². The summed E-state index contributed by atoms with van der Waals surface area (Å²) < 4.78 is 29.1. The molecular formula is C34H31N5O6. The monoisotopic (exact) mass is 605 g/mol. The van der Waals surface area contributed by atoms with Crippen LogP contribution >= 0.6 is 0 Å². The molecule has 11 heteroatoms. The third kappa shape index (κ3) is 6.57. The molecule has 0 bridgehead atoms. The minimum atomic E-state index is -0.390. The maximum atomic E-state index is 12.5. The number of hydrogen-bond acceptors (Lipinski definition) is 9. The second-order valence-electron chi connectivity index (χ2n) is 10.0. The standard InChI is InChI=1S/C34H31N5O6/c1-4-43-29-17-23(9-15-27(29)32-35-33-31(34(40)36-32)37-39-38-33)24-10-16-28(44-19-21-5-11-25(41-2)12-6-21)30(18-24)45-20-22-7-13-26(42-3)14-8-22/h5-18H,4,19-20H2,1-3H3,(H2,35,36,37,38,39,40). The Kier molecular flexibility index (Phi) is 8.58. The van der Waals surface area contributed by atoms with Gasteiger partial charge in [0.1, 0.15) is 36.3 Å². The van der Waals surface area contributed by atoms with Crippen molar-refractivity contribution in [2.45, 2.75) is 20.1 Å². The number of aromatic amines is 2. The van der Waals surface area contributed by atoms with E-state index in [4.69, 9.17) is 23.7 Å². The van der Waals surface area contributed by atoms with Crippen LogP contribution in [0.5, 0.6) is 28.7 Å². The molecule has 0 aliphatic heterocycles. The van der Waals surface area contributed by atoms with Crippen LogP contribution in [0.15, 0.2) is 89.7 Å². The van der Waals surface area contributed by atoms with Crippen molar-refractivity contribution >= 4 is 11.2 Å². The smallest absolute Gasteiger partial charge is 0.281 e. The number of aromatic nitrogens is 5. The second-order valence-corrected chi connectivity index (χ2v) is 10.0. The summed E-state index contributed by atoms with van der Waals surface area (Å²) in [7, 11) is 3.28. The quantitative estimate of drug-likeness (QED) is 0.174. The molecule has 4 aromatic carbocycles. The highest BCUT2D eigenvalue weighted by Gasteiger charge is 2.16. The average molecular weight is 606 g/mol. The number of nitrogens with zero attached hydrogens (tertiary/aromatic N) is 3. The summed E-state index contributed by atoms with van der Waals surface area (Å²) in [5.74, 6) is 3.66. The zero-order valence-corrected chi connectivity index (χ0v) is 25.0. The van der Waals surface area contributed by atoms with Gasteiger partial charge in [0, 0.05) is 0 Å². The van der Waals surface area contributed by atoms with E-state index < -0.39 is 0 Å². The molecule has 0 unspecified atom stereocenters. The van der Waals surface area contributed by atoms with Gasteiger partial charge in [0.15, 0.2) is 22.7 Å². The van der Waals surface area contributed by atoms with E-state index in [1.807, 2.05) is 91.9 Å². The third-order valence-electron chi connectivity index (χ3n) is 7.12. The van der Waals surface area contributed by atoms with E-state index in [2.05, 4.69) is 25.4 Å². The largest absolute Gasteiger partial charge is 0.497 e. The number of H-pyrrole nitrogens is 2. The summed E-state index contributed by atoms with van der Waals surface area (Å²) >= 11 is 0. The van der Waals surface area contributed by atoms with Crippen LogP contribution in [0, 0.1) is 0 Å². The Hall–Kier alpha value is -5.84. The Bertz CT molecular complexity index is 1970. The van der Waals surface area contributed by atoms with Gasteiger partial charge in [-0.25, -0.2) is 10.1 Å². The van der Waals surface area contributed by atoms with Crippen LogP contribution in [0.3, 0.4) is 0 Å². The predicted octanol–water partition coefficient (Wildman–Crippen LogP) is 5.95. The number of nitrogens with one attached hydrogen (secondary N) is 2. The SMILES string of the molecule is CCOc1cc(-c2ccc(OCc3ccc(OC)cc3)c(OCc3ccc(OC)cc3)c2)ccc1-c1nc2[nH]nnc2c(=O)[nH]1. The van der Waals surface area contributed by atoms with Gasteiger partial charge in [0.2, 0.25) is 0 Å². The van der Waals surface area contributed by atoms with E-state index in [0.29, 0.717) is 54.1 Å². The maximum Gasteiger partial charge on any atom is 0.281 e. The molecule has 6 aromatic rings. The van der Waals surface area contributed by atoms with Crippen molar-refractivity contribution < 1.29 is 23.7 Å². The zero-order valence-electron chi connectivity index (χ0n) is 25.0. The number of ether oxygens (including phenoxy) is 5. The lowest BCUT2D eigenvalue weighted by molar-refractivity contribution is 0.256. The Morgan fingerprint density at radius 2 is 1.29 bits per heavy atom. The van der Waals surface area contributed by atoms with Crippen molar-refractivity contribution in [1.82, 2.24) is 25.4 Å². The molecule has 45 heavy (non-hydrogen) atoms. The molecule has 0 fully saturated rings. The van der Waals surface area contributed by atoms with Crippen LogP contribution < -0.4 is 29.2 Å². The maximum absolute atomic E-state index is 12.5. The molecule has 228 valence electrons. The highest BCUT2D eigenvalue weighted by atomic mass is 16.5. The summed E-state index contributed by atoms with van der Waals surface area (Å²) in [5.41, 5.74) is 4.42. The molecule has 0 spiro atoms. The minimum Gasteiger partial charge on any atom is -0.497 e. The van der Waals surface area contributed by atoms with E-state index in [0.717, 1.165) is 33.8 Å². The lowest BCUT2D eigenvalue weighted by Crippen LogP contribution is -2.10. The van der Waals surface area contributed by atoms with E-state index >= 15 is 0 Å². The number of rotatable bonds is 12. The van der Waals surface area contributed by atoms with E-state index in [-0.39, 0.29) is 11.1 Å². The van der Waals surface area contributed by atoms with Crippen molar-refractivity contribution in [2.24, 2.45) is 0 Å². The lowest BCUT2D eigenvalue weighted by atomic mass is 10.0. The molecule has 0 aliphatic rings. The summed E-state index contributed by atoms with van der Waals surface area (Å²) in [4.78, 5) is 19.8. The molecule has 0 radical (unpaired) electrons. The summed E-state index contributed by atoms with van der Waals surface area (Å²) in [6.45, 7) is 3.00. The first-order chi connectivity index (χ1) is 22.0. The Morgan fingerprint density at radius 3 is 1.91 bits per heavy atom. The van der Waals surface area contributed by atoms with Gasteiger partial charge in [-0.1, -0.05) is 41.6 Å². The number of fused-ring (bicyclic) bond motifs is 1. The molecule has 0 saturated heterocycles. The van der Waals surface area contributed by atoms with E-state index in [1.165, 1.54) is 0 Å². The van der Waals surface area contributed by atoms with Gasteiger partial charge < -0.3 is 28.7 Å². The van der Waals surface area contributed by atoms with Gasteiger partial charge >= 0.3 is 0 Å². The second kappa shape index (κ2) is 13.2. The summed E-state index contributed by atoms with van der Waals surface area (Å²) in [6, 6.07) is 27.0. The van der Waals surface area contributed by atoms with Crippen molar-refractivity contribution in [3.05, 3.63) is 106 Å². The fourth-order valence-electron chi connectivity index (χ4n) is 4.75. The fraction of sp³-hybridized carbons (Fsp3) is 0.176. The number of methoxy groups -OCH3 is 2. The van der Waals surface area contributed by atoms with Crippen LogP contribution in [0.25, 0.3) is 33.7 Å². The molecule has 0 atom stereocenters. The topological polar surface area (TPSA) is 133 Å². The zero-order chi connectivity index (χ0) is 31.2. The van der Waals surface area contributed by atoms with E-state index in [1.54, 1.807) is 14.2 Å². The van der Waals surface area contributed by atoms with Gasteiger partial charge in [-0.3, -0.25) is 4.79 Å². The van der Waals surface area contributed by atoms with Crippen molar-refractivity contribution in [2.75, 3.05) is 20.8 Å². The summed E-state index contributed by atoms with van der Waals surface area (Å²) in [6.07, 6.45) is 0. The minimum absolute atomic E-state index is 0.143. The molecule has 0 aliphatic carbocycles. The highest BCUT2D eigenvalue weighted by Crippen LogP contribution is 2.37. The fourth-order valence-corrected chi connectivity index (χ4v) is 4.75. The van der Waals surface area contributed by atoms with Crippen molar-refractivity contribution in [3.8, 4) is 51.3 Å². The van der Waals surface area contributed by atoms with Crippen LogP contribution in [0.2, 0.25) is 0 Å². The third-order valence-corrected chi connectivity index (χ3v) is 7.12. The van der Waals surface area contributed by atoms with Crippen LogP contribution in [-0.4, -0.2) is 46.2 Å². The first kappa shape index (κ1) is 29.2.